The zero-order valence-electron chi connectivity index (χ0n) is 14.8. The molecule has 1 aliphatic carbocycles. The van der Waals surface area contributed by atoms with E-state index in [9.17, 15) is 4.79 Å². The Morgan fingerprint density at radius 2 is 1.81 bits per heavy atom. The fraction of sp³-hybridized carbons (Fsp3) is 0.300. The summed E-state index contributed by atoms with van der Waals surface area (Å²) < 4.78 is 0. The van der Waals surface area contributed by atoms with Crippen molar-refractivity contribution in [2.75, 3.05) is 0 Å². The molecular formula is C20H20ClN5O. The molecule has 1 fully saturated rings. The predicted octanol–water partition coefficient (Wildman–Crippen LogP) is 3.65. The lowest BCUT2D eigenvalue weighted by Gasteiger charge is -2.28. The van der Waals surface area contributed by atoms with Gasteiger partial charge in [0.05, 0.1) is 12.0 Å². The lowest BCUT2D eigenvalue weighted by atomic mass is 9.78. The smallest absolute Gasteiger partial charge is 0.231 e. The molecule has 1 saturated carbocycles. The third kappa shape index (κ3) is 3.57. The van der Waals surface area contributed by atoms with Crippen LogP contribution in [0.4, 0.5) is 0 Å². The summed E-state index contributed by atoms with van der Waals surface area (Å²) in [5.74, 6) is 1.25. The van der Waals surface area contributed by atoms with E-state index in [1.54, 1.807) is 12.4 Å². The Morgan fingerprint density at radius 1 is 1.11 bits per heavy atom. The molecule has 0 bridgehead atoms. The maximum atomic E-state index is 13.1. The highest BCUT2D eigenvalue weighted by atomic mass is 35.5. The van der Waals surface area contributed by atoms with Gasteiger partial charge in [-0.2, -0.15) is 5.10 Å². The average molecular weight is 382 g/mol. The van der Waals surface area contributed by atoms with Gasteiger partial charge in [0.25, 0.3) is 0 Å². The molecule has 0 saturated heterocycles. The van der Waals surface area contributed by atoms with Crippen molar-refractivity contribution in [3.05, 3.63) is 65.2 Å². The second-order valence-electron chi connectivity index (χ2n) is 6.82. The molecule has 27 heavy (non-hydrogen) atoms. The number of amides is 1. The van der Waals surface area contributed by atoms with Gasteiger partial charge in [0.15, 0.2) is 5.82 Å². The molecule has 1 aromatic carbocycles. The van der Waals surface area contributed by atoms with Crippen LogP contribution in [-0.2, 0) is 16.8 Å². The van der Waals surface area contributed by atoms with Gasteiger partial charge >= 0.3 is 0 Å². The first-order valence-electron chi connectivity index (χ1n) is 9.03. The van der Waals surface area contributed by atoms with Crippen molar-refractivity contribution in [1.29, 1.82) is 0 Å². The summed E-state index contributed by atoms with van der Waals surface area (Å²) in [6.07, 6.45) is 7.18. The van der Waals surface area contributed by atoms with Gasteiger partial charge in [-0.25, -0.2) is 4.98 Å². The van der Waals surface area contributed by atoms with Crippen LogP contribution in [0.3, 0.4) is 0 Å². The highest BCUT2D eigenvalue weighted by Gasteiger charge is 2.42. The van der Waals surface area contributed by atoms with Crippen LogP contribution in [0, 0.1) is 0 Å². The first-order chi connectivity index (χ1) is 13.2. The minimum atomic E-state index is -0.488. The molecular weight excluding hydrogens is 362 g/mol. The number of carbonyl (C=O) groups is 1. The summed E-state index contributed by atoms with van der Waals surface area (Å²) in [6.45, 7) is 0.312. The van der Waals surface area contributed by atoms with Gasteiger partial charge in [0.1, 0.15) is 5.82 Å². The second-order valence-corrected chi connectivity index (χ2v) is 7.26. The molecule has 0 radical (unpaired) electrons. The van der Waals surface area contributed by atoms with Crippen LogP contribution in [0.5, 0.6) is 0 Å². The zero-order valence-corrected chi connectivity index (χ0v) is 15.5. The average Bonchev–Trinajstić information content (AvgIpc) is 3.38. The second kappa shape index (κ2) is 7.48. The van der Waals surface area contributed by atoms with Crippen LogP contribution < -0.4 is 5.32 Å². The molecule has 3 aromatic rings. The van der Waals surface area contributed by atoms with Gasteiger partial charge in [0, 0.05) is 23.0 Å². The van der Waals surface area contributed by atoms with Crippen molar-refractivity contribution in [2.24, 2.45) is 0 Å². The van der Waals surface area contributed by atoms with Gasteiger partial charge in [-0.1, -0.05) is 36.6 Å². The Morgan fingerprint density at radius 3 is 2.52 bits per heavy atom. The van der Waals surface area contributed by atoms with E-state index in [0.29, 0.717) is 23.2 Å². The summed E-state index contributed by atoms with van der Waals surface area (Å²) in [4.78, 5) is 21.5. The Labute approximate surface area is 162 Å². The maximum absolute atomic E-state index is 13.1. The summed E-state index contributed by atoms with van der Waals surface area (Å²) in [6, 6.07) is 11.3. The molecule has 138 valence electrons. The predicted molar refractivity (Wildman–Crippen MR) is 103 cm³/mol. The number of halogens is 1. The van der Waals surface area contributed by atoms with E-state index in [0.717, 1.165) is 36.8 Å². The van der Waals surface area contributed by atoms with Crippen molar-refractivity contribution in [3.63, 3.8) is 0 Å². The normalized spacial score (nSPS) is 15.6. The quantitative estimate of drug-likeness (QED) is 0.706. The van der Waals surface area contributed by atoms with E-state index in [1.165, 1.54) is 0 Å². The number of aromatic nitrogens is 4. The van der Waals surface area contributed by atoms with E-state index in [1.807, 2.05) is 36.4 Å². The van der Waals surface area contributed by atoms with Crippen LogP contribution in [-0.4, -0.2) is 26.1 Å². The first kappa shape index (κ1) is 17.7. The van der Waals surface area contributed by atoms with Crippen molar-refractivity contribution in [2.45, 2.75) is 37.6 Å². The molecule has 0 spiro atoms. The number of rotatable bonds is 5. The Bertz CT molecular complexity index is 917. The molecule has 6 nitrogen and oxygen atoms in total. The highest BCUT2D eigenvalue weighted by Crippen LogP contribution is 2.41. The number of hydrogen-bond donors (Lipinski definition) is 2. The largest absolute Gasteiger partial charge is 0.348 e. The summed E-state index contributed by atoms with van der Waals surface area (Å²) >= 11 is 6.01. The molecule has 4 rings (SSSR count). The topological polar surface area (TPSA) is 83.6 Å². The van der Waals surface area contributed by atoms with Crippen LogP contribution in [0.1, 0.15) is 37.1 Å². The SMILES string of the molecule is O=C(NCc1nc(-c2ccncc2)n[nH]1)C1(c2ccc(Cl)cc2)CCCC1. The lowest BCUT2D eigenvalue weighted by Crippen LogP contribution is -2.42. The Kier molecular flexibility index (Phi) is 4.90. The summed E-state index contributed by atoms with van der Waals surface area (Å²) in [5, 5.41) is 10.8. The molecule has 2 N–H and O–H groups in total. The third-order valence-electron chi connectivity index (χ3n) is 5.18. The molecule has 2 heterocycles. The highest BCUT2D eigenvalue weighted by molar-refractivity contribution is 6.30. The lowest BCUT2D eigenvalue weighted by molar-refractivity contribution is -0.126. The zero-order chi connectivity index (χ0) is 18.7. The van der Waals surface area contributed by atoms with Crippen molar-refractivity contribution in [3.8, 4) is 11.4 Å². The molecule has 1 aliphatic rings. The number of H-pyrrole nitrogens is 1. The van der Waals surface area contributed by atoms with E-state index < -0.39 is 5.41 Å². The van der Waals surface area contributed by atoms with Gasteiger partial charge in [-0.05, 0) is 42.7 Å². The van der Waals surface area contributed by atoms with E-state index >= 15 is 0 Å². The van der Waals surface area contributed by atoms with Gasteiger partial charge < -0.3 is 5.32 Å². The van der Waals surface area contributed by atoms with Crippen LogP contribution in [0.2, 0.25) is 5.02 Å². The van der Waals surface area contributed by atoms with Crippen molar-refractivity contribution < 1.29 is 4.79 Å². The molecule has 0 atom stereocenters. The van der Waals surface area contributed by atoms with Gasteiger partial charge in [0.2, 0.25) is 5.91 Å². The number of carbonyl (C=O) groups excluding carboxylic acids is 1. The summed E-state index contributed by atoms with van der Waals surface area (Å²) in [7, 11) is 0. The van der Waals surface area contributed by atoms with Crippen LogP contribution >= 0.6 is 11.6 Å². The number of benzene rings is 1. The number of nitrogens with zero attached hydrogens (tertiary/aromatic N) is 3. The molecule has 0 unspecified atom stereocenters. The van der Waals surface area contributed by atoms with E-state index in [4.69, 9.17) is 11.6 Å². The van der Waals surface area contributed by atoms with Crippen molar-refractivity contribution in [1.82, 2.24) is 25.5 Å². The van der Waals surface area contributed by atoms with Crippen LogP contribution in [0.15, 0.2) is 48.8 Å². The number of pyridine rings is 1. The van der Waals surface area contributed by atoms with E-state index in [2.05, 4.69) is 25.5 Å². The van der Waals surface area contributed by atoms with Crippen LogP contribution in [0.25, 0.3) is 11.4 Å². The molecule has 1 amide bonds. The molecule has 2 aromatic heterocycles. The van der Waals surface area contributed by atoms with Gasteiger partial charge in [-0.15, -0.1) is 0 Å². The van der Waals surface area contributed by atoms with Gasteiger partial charge in [-0.3, -0.25) is 14.9 Å². The minimum absolute atomic E-state index is 0.0317. The Balaban J connectivity index is 1.48. The molecule has 0 aliphatic heterocycles. The fourth-order valence-electron chi connectivity index (χ4n) is 3.73. The monoisotopic (exact) mass is 381 g/mol. The standard InChI is InChI=1S/C20H20ClN5O/c21-16-5-3-15(4-6-16)20(9-1-2-10-20)19(27)23-13-17-24-18(26-25-17)14-7-11-22-12-8-14/h3-8,11-12H,1-2,9-10,13H2,(H,23,27)(H,24,25,26). The Hall–Kier alpha value is -2.73. The third-order valence-corrected chi connectivity index (χ3v) is 5.43. The minimum Gasteiger partial charge on any atom is -0.348 e. The summed E-state index contributed by atoms with van der Waals surface area (Å²) in [5.41, 5.74) is 1.42. The van der Waals surface area contributed by atoms with E-state index in [-0.39, 0.29) is 5.91 Å². The number of aromatic amines is 1. The number of hydrogen-bond acceptors (Lipinski definition) is 4. The molecule has 7 heteroatoms. The fourth-order valence-corrected chi connectivity index (χ4v) is 3.86. The maximum Gasteiger partial charge on any atom is 0.231 e. The number of nitrogens with one attached hydrogen (secondary N) is 2. The first-order valence-corrected chi connectivity index (χ1v) is 9.41. The van der Waals surface area contributed by atoms with Crippen molar-refractivity contribution >= 4 is 17.5 Å².